The van der Waals surface area contributed by atoms with Crippen molar-refractivity contribution in [3.63, 3.8) is 0 Å². The number of hydrogen-bond donors (Lipinski definition) is 0. The van der Waals surface area contributed by atoms with E-state index in [4.69, 9.17) is 4.74 Å². The normalized spacial score (nSPS) is 32.6. The van der Waals surface area contributed by atoms with Gasteiger partial charge in [-0.05, 0) is 39.0 Å². The third-order valence-electron chi connectivity index (χ3n) is 4.37. The molecule has 17 heavy (non-hydrogen) atoms. The van der Waals surface area contributed by atoms with Gasteiger partial charge in [0, 0.05) is 12.0 Å². The molecule has 0 aromatic rings. The van der Waals surface area contributed by atoms with Crippen molar-refractivity contribution in [1.82, 2.24) is 0 Å². The number of ether oxygens (including phenoxy) is 1. The molecule has 2 aliphatic carbocycles. The van der Waals surface area contributed by atoms with Crippen LogP contribution in [0.3, 0.4) is 0 Å². The molecule has 0 N–H and O–H groups in total. The highest BCUT2D eigenvalue weighted by Crippen LogP contribution is 2.50. The maximum absolute atomic E-state index is 12.2. The lowest BCUT2D eigenvalue weighted by molar-refractivity contribution is -0.156. The first-order valence-corrected chi connectivity index (χ1v) is 6.44. The minimum Gasteiger partial charge on any atom is -0.465 e. The molecule has 0 aliphatic heterocycles. The second-order valence-electron chi connectivity index (χ2n) is 5.26. The summed E-state index contributed by atoms with van der Waals surface area (Å²) < 4.78 is 5.19. The minimum atomic E-state index is -0.711. The number of carbonyl (C=O) groups is 2. The molecule has 0 fully saturated rings. The zero-order valence-corrected chi connectivity index (χ0v) is 10.8. The highest BCUT2D eigenvalue weighted by molar-refractivity contribution is 6.05. The standard InChI is InChI=1S/C14H20O3/c1-4-17-13(16)14(3)9(2)5-6-10-7-8-11(15)12(10)14/h9H,4-8H2,1-3H3/t9-,14-/m0/s1. The van der Waals surface area contributed by atoms with Crippen molar-refractivity contribution in [2.45, 2.75) is 46.5 Å². The fourth-order valence-corrected chi connectivity index (χ4v) is 3.13. The van der Waals surface area contributed by atoms with Crippen molar-refractivity contribution in [2.75, 3.05) is 6.61 Å². The Balaban J connectivity index is 2.44. The Hall–Kier alpha value is -1.12. The average Bonchev–Trinajstić information content (AvgIpc) is 2.67. The van der Waals surface area contributed by atoms with Gasteiger partial charge in [-0.25, -0.2) is 0 Å². The van der Waals surface area contributed by atoms with Gasteiger partial charge in [-0.3, -0.25) is 9.59 Å². The van der Waals surface area contributed by atoms with Crippen LogP contribution >= 0.6 is 0 Å². The van der Waals surface area contributed by atoms with Crippen molar-refractivity contribution in [3.8, 4) is 0 Å². The fourth-order valence-electron chi connectivity index (χ4n) is 3.13. The molecule has 0 heterocycles. The van der Waals surface area contributed by atoms with Crippen LogP contribution in [0.25, 0.3) is 0 Å². The van der Waals surface area contributed by atoms with Gasteiger partial charge in [-0.1, -0.05) is 12.5 Å². The summed E-state index contributed by atoms with van der Waals surface area (Å²) in [6.07, 6.45) is 3.36. The van der Waals surface area contributed by atoms with E-state index in [-0.39, 0.29) is 17.7 Å². The molecule has 3 heteroatoms. The van der Waals surface area contributed by atoms with E-state index in [1.807, 2.05) is 13.8 Å². The fraction of sp³-hybridized carbons (Fsp3) is 0.714. The molecule has 0 radical (unpaired) electrons. The zero-order valence-electron chi connectivity index (χ0n) is 10.8. The summed E-state index contributed by atoms with van der Waals surface area (Å²) in [6.45, 7) is 6.11. The van der Waals surface area contributed by atoms with E-state index in [1.165, 1.54) is 5.57 Å². The minimum absolute atomic E-state index is 0.155. The lowest BCUT2D eigenvalue weighted by atomic mass is 9.65. The molecule has 0 unspecified atom stereocenters. The number of hydrogen-bond acceptors (Lipinski definition) is 3. The lowest BCUT2D eigenvalue weighted by Crippen LogP contribution is -2.42. The third kappa shape index (κ3) is 1.72. The van der Waals surface area contributed by atoms with Crippen molar-refractivity contribution >= 4 is 11.8 Å². The van der Waals surface area contributed by atoms with Crippen LogP contribution in [0.2, 0.25) is 0 Å². The van der Waals surface area contributed by atoms with Crippen LogP contribution in [0.1, 0.15) is 46.5 Å². The SMILES string of the molecule is CCOC(=O)[C@]1(C)C2=C(CCC2=O)CC[C@@H]1C. The summed E-state index contributed by atoms with van der Waals surface area (Å²) in [7, 11) is 0. The van der Waals surface area contributed by atoms with Crippen LogP contribution in [0.15, 0.2) is 11.1 Å². The summed E-state index contributed by atoms with van der Waals surface area (Å²) in [5, 5.41) is 0. The molecule has 0 amide bonds. The quantitative estimate of drug-likeness (QED) is 0.692. The smallest absolute Gasteiger partial charge is 0.316 e. The van der Waals surface area contributed by atoms with Gasteiger partial charge >= 0.3 is 5.97 Å². The van der Waals surface area contributed by atoms with Crippen molar-refractivity contribution in [3.05, 3.63) is 11.1 Å². The molecule has 3 nitrogen and oxygen atoms in total. The second kappa shape index (κ2) is 4.28. The molecule has 2 aliphatic rings. The van der Waals surface area contributed by atoms with Crippen LogP contribution in [0, 0.1) is 11.3 Å². The van der Waals surface area contributed by atoms with E-state index in [0.29, 0.717) is 13.0 Å². The van der Waals surface area contributed by atoms with Gasteiger partial charge in [0.15, 0.2) is 5.78 Å². The summed E-state index contributed by atoms with van der Waals surface area (Å²) in [6, 6.07) is 0. The molecule has 2 rings (SSSR count). The average molecular weight is 236 g/mol. The Bertz CT molecular complexity index is 394. The Kier molecular flexibility index (Phi) is 3.11. The van der Waals surface area contributed by atoms with Crippen molar-refractivity contribution in [1.29, 1.82) is 0 Å². The van der Waals surface area contributed by atoms with Gasteiger partial charge in [0.25, 0.3) is 0 Å². The molecule has 0 bridgehead atoms. The number of Topliss-reactive ketones (excluding diaryl/α,β-unsaturated/α-hetero) is 1. The van der Waals surface area contributed by atoms with Gasteiger partial charge in [0.05, 0.1) is 12.0 Å². The summed E-state index contributed by atoms with van der Waals surface area (Å²) in [5.41, 5.74) is 1.26. The number of ketones is 1. The molecular weight excluding hydrogens is 216 g/mol. The second-order valence-corrected chi connectivity index (χ2v) is 5.26. The number of esters is 1. The van der Waals surface area contributed by atoms with Crippen LogP contribution < -0.4 is 0 Å². The number of carbonyl (C=O) groups excluding carboxylic acids is 2. The van der Waals surface area contributed by atoms with E-state index in [1.54, 1.807) is 6.92 Å². The topological polar surface area (TPSA) is 43.4 Å². The van der Waals surface area contributed by atoms with Crippen molar-refractivity contribution < 1.29 is 14.3 Å². The predicted molar refractivity (Wildman–Crippen MR) is 64.4 cm³/mol. The Morgan fingerprint density at radius 2 is 2.12 bits per heavy atom. The Labute approximate surface area is 102 Å². The summed E-state index contributed by atoms with van der Waals surface area (Å²) in [4.78, 5) is 24.2. The Morgan fingerprint density at radius 3 is 2.76 bits per heavy atom. The largest absolute Gasteiger partial charge is 0.465 e. The molecule has 0 spiro atoms. The molecule has 0 saturated carbocycles. The van der Waals surface area contributed by atoms with Gasteiger partial charge in [0.2, 0.25) is 0 Å². The predicted octanol–water partition coefficient (Wildman–Crippen LogP) is 2.65. The van der Waals surface area contributed by atoms with Crippen LogP contribution in [-0.4, -0.2) is 18.4 Å². The van der Waals surface area contributed by atoms with Crippen LogP contribution in [0.5, 0.6) is 0 Å². The van der Waals surface area contributed by atoms with E-state index >= 15 is 0 Å². The van der Waals surface area contributed by atoms with E-state index < -0.39 is 5.41 Å². The highest BCUT2D eigenvalue weighted by Gasteiger charge is 2.50. The lowest BCUT2D eigenvalue weighted by Gasteiger charge is -2.38. The first kappa shape index (κ1) is 12.3. The third-order valence-corrected chi connectivity index (χ3v) is 4.37. The number of allylic oxidation sites excluding steroid dienone is 1. The Morgan fingerprint density at radius 1 is 1.41 bits per heavy atom. The molecule has 0 aromatic carbocycles. The summed E-state index contributed by atoms with van der Waals surface area (Å²) >= 11 is 0. The van der Waals surface area contributed by atoms with E-state index in [2.05, 4.69) is 0 Å². The molecular formula is C14H20O3. The molecule has 0 aromatic heterocycles. The van der Waals surface area contributed by atoms with Gasteiger partial charge in [-0.15, -0.1) is 0 Å². The van der Waals surface area contributed by atoms with Crippen LogP contribution in [-0.2, 0) is 14.3 Å². The van der Waals surface area contributed by atoms with E-state index in [9.17, 15) is 9.59 Å². The van der Waals surface area contributed by atoms with Gasteiger partial charge in [0.1, 0.15) is 0 Å². The number of rotatable bonds is 2. The van der Waals surface area contributed by atoms with Gasteiger partial charge < -0.3 is 4.74 Å². The van der Waals surface area contributed by atoms with Gasteiger partial charge in [-0.2, -0.15) is 0 Å². The molecule has 0 saturated heterocycles. The van der Waals surface area contributed by atoms with Crippen LogP contribution in [0.4, 0.5) is 0 Å². The first-order chi connectivity index (χ1) is 8.01. The maximum atomic E-state index is 12.2. The van der Waals surface area contributed by atoms with Crippen molar-refractivity contribution in [2.24, 2.45) is 11.3 Å². The molecule has 2 atom stereocenters. The van der Waals surface area contributed by atoms with E-state index in [0.717, 1.165) is 24.8 Å². The highest BCUT2D eigenvalue weighted by atomic mass is 16.5. The first-order valence-electron chi connectivity index (χ1n) is 6.44. The maximum Gasteiger partial charge on any atom is 0.316 e. The monoisotopic (exact) mass is 236 g/mol. The molecule has 94 valence electrons. The zero-order chi connectivity index (χ0) is 12.6. The summed E-state index contributed by atoms with van der Waals surface area (Å²) in [5.74, 6) is 0.111.